The molecule has 0 saturated carbocycles. The molecular formula is C25H29N3O3. The van der Waals surface area contributed by atoms with Gasteiger partial charge in [0, 0.05) is 18.9 Å². The highest BCUT2D eigenvalue weighted by Crippen LogP contribution is 2.35. The number of likely N-dealkylation sites (tertiary alicyclic amines) is 1. The lowest BCUT2D eigenvalue weighted by molar-refractivity contribution is 0.0579. The molecular weight excluding hydrogens is 390 g/mol. The molecule has 3 aromatic rings. The van der Waals surface area contributed by atoms with E-state index in [0.29, 0.717) is 18.3 Å². The molecule has 1 N–H and O–H groups in total. The smallest absolute Gasteiger partial charge is 0.232 e. The summed E-state index contributed by atoms with van der Waals surface area (Å²) in [4.78, 5) is 10.4. The van der Waals surface area contributed by atoms with Gasteiger partial charge in [-0.1, -0.05) is 36.4 Å². The van der Waals surface area contributed by atoms with Gasteiger partial charge in [0.05, 0.1) is 13.3 Å². The van der Waals surface area contributed by atoms with Crippen LogP contribution in [0.2, 0.25) is 0 Å². The fraction of sp³-hybridized carbons (Fsp3) is 0.360. The molecule has 162 valence electrons. The summed E-state index contributed by atoms with van der Waals surface area (Å²) < 4.78 is 10.8. The van der Waals surface area contributed by atoms with E-state index in [1.54, 1.807) is 25.7 Å². The number of methoxy groups -OCH3 is 1. The number of aromatic nitrogens is 2. The van der Waals surface area contributed by atoms with Gasteiger partial charge >= 0.3 is 0 Å². The van der Waals surface area contributed by atoms with E-state index in [9.17, 15) is 5.11 Å². The molecule has 1 saturated heterocycles. The first-order valence-corrected chi connectivity index (χ1v) is 10.8. The van der Waals surface area contributed by atoms with Crippen LogP contribution in [0.4, 0.5) is 0 Å². The summed E-state index contributed by atoms with van der Waals surface area (Å²) in [6, 6.07) is 17.0. The summed E-state index contributed by atoms with van der Waals surface area (Å²) in [5.41, 5.74) is 3.91. The second kappa shape index (κ2) is 10.4. The zero-order chi connectivity index (χ0) is 21.5. The van der Waals surface area contributed by atoms with Gasteiger partial charge in [0.1, 0.15) is 18.5 Å². The maximum absolute atomic E-state index is 10.4. The number of aliphatic hydroxyl groups excluding tert-OH is 1. The van der Waals surface area contributed by atoms with Crippen molar-refractivity contribution in [1.82, 2.24) is 14.9 Å². The van der Waals surface area contributed by atoms with E-state index >= 15 is 0 Å². The lowest BCUT2D eigenvalue weighted by Gasteiger charge is -2.34. The van der Waals surface area contributed by atoms with Crippen LogP contribution in [-0.2, 0) is 0 Å². The average molecular weight is 420 g/mol. The molecule has 6 nitrogen and oxygen atoms in total. The molecule has 2 aromatic carbocycles. The third kappa shape index (κ3) is 5.60. The predicted molar refractivity (Wildman–Crippen MR) is 120 cm³/mol. The summed E-state index contributed by atoms with van der Waals surface area (Å²) in [5, 5.41) is 10.4. The Morgan fingerprint density at radius 2 is 1.84 bits per heavy atom. The molecule has 0 spiro atoms. The molecule has 6 heteroatoms. The van der Waals surface area contributed by atoms with Crippen LogP contribution < -0.4 is 9.47 Å². The van der Waals surface area contributed by atoms with Crippen LogP contribution in [0.25, 0.3) is 11.1 Å². The van der Waals surface area contributed by atoms with Gasteiger partial charge in [-0.25, -0.2) is 4.98 Å². The topological polar surface area (TPSA) is 67.7 Å². The van der Waals surface area contributed by atoms with Gasteiger partial charge < -0.3 is 19.5 Å². The molecule has 0 radical (unpaired) electrons. The molecule has 1 atom stereocenters. The minimum atomic E-state index is -0.551. The third-order valence-corrected chi connectivity index (χ3v) is 5.82. The molecule has 31 heavy (non-hydrogen) atoms. The molecule has 1 fully saturated rings. The Morgan fingerprint density at radius 1 is 1.06 bits per heavy atom. The lowest BCUT2D eigenvalue weighted by Crippen LogP contribution is -2.40. The van der Waals surface area contributed by atoms with E-state index in [2.05, 4.69) is 51.3 Å². The van der Waals surface area contributed by atoms with Crippen molar-refractivity contribution >= 4 is 0 Å². The van der Waals surface area contributed by atoms with Crippen LogP contribution in [0.5, 0.6) is 11.6 Å². The van der Waals surface area contributed by atoms with E-state index in [1.807, 2.05) is 12.1 Å². The summed E-state index contributed by atoms with van der Waals surface area (Å²) in [7, 11) is 1.69. The highest BCUT2D eigenvalue weighted by Gasteiger charge is 2.24. The minimum Gasteiger partial charge on any atom is -0.497 e. The molecule has 0 unspecified atom stereocenters. The fourth-order valence-corrected chi connectivity index (χ4v) is 4.21. The Labute approximate surface area is 183 Å². The van der Waals surface area contributed by atoms with Gasteiger partial charge in [0.25, 0.3) is 0 Å². The number of hydrogen-bond donors (Lipinski definition) is 1. The molecule has 1 aliphatic heterocycles. The molecule has 0 bridgehead atoms. The number of nitrogens with zero attached hydrogens (tertiary/aromatic N) is 3. The number of ether oxygens (including phenoxy) is 2. The maximum atomic E-state index is 10.4. The molecule has 2 heterocycles. The summed E-state index contributed by atoms with van der Waals surface area (Å²) >= 11 is 0. The van der Waals surface area contributed by atoms with Crippen molar-refractivity contribution in [2.75, 3.05) is 33.4 Å². The first-order chi connectivity index (χ1) is 15.2. The zero-order valence-corrected chi connectivity index (χ0v) is 17.9. The van der Waals surface area contributed by atoms with Gasteiger partial charge in [-0.15, -0.1) is 0 Å². The number of rotatable bonds is 8. The number of aliphatic hydroxyl groups is 1. The van der Waals surface area contributed by atoms with Gasteiger partial charge in [0.15, 0.2) is 0 Å². The SMILES string of the molecule is COc1ccc(-c2ccccc2C2CCN(C[C@@H](O)COc3cnccn3)CC2)cc1. The molecule has 1 aliphatic rings. The molecule has 4 rings (SSSR count). The predicted octanol–water partition coefficient (Wildman–Crippen LogP) is 3.77. The van der Waals surface area contributed by atoms with Crippen molar-refractivity contribution in [3.8, 4) is 22.8 Å². The van der Waals surface area contributed by atoms with E-state index in [0.717, 1.165) is 31.7 Å². The van der Waals surface area contributed by atoms with Crippen molar-refractivity contribution in [2.24, 2.45) is 0 Å². The summed E-state index contributed by atoms with van der Waals surface area (Å²) in [5.74, 6) is 1.83. The minimum absolute atomic E-state index is 0.221. The van der Waals surface area contributed by atoms with E-state index < -0.39 is 6.10 Å². The number of benzene rings is 2. The van der Waals surface area contributed by atoms with Crippen molar-refractivity contribution in [1.29, 1.82) is 0 Å². The van der Waals surface area contributed by atoms with Gasteiger partial charge in [0.2, 0.25) is 5.88 Å². The monoisotopic (exact) mass is 419 g/mol. The molecule has 1 aromatic heterocycles. The summed E-state index contributed by atoms with van der Waals surface area (Å²) in [6.07, 6.45) is 6.33. The summed E-state index contributed by atoms with van der Waals surface area (Å²) in [6.45, 7) is 2.75. The van der Waals surface area contributed by atoms with Crippen LogP contribution in [0, 0.1) is 0 Å². The maximum Gasteiger partial charge on any atom is 0.232 e. The Hall–Kier alpha value is -2.96. The Balaban J connectivity index is 1.32. The van der Waals surface area contributed by atoms with Gasteiger partial charge in [-0.05, 0) is 60.7 Å². The number of hydrogen-bond acceptors (Lipinski definition) is 6. The highest BCUT2D eigenvalue weighted by atomic mass is 16.5. The van der Waals surface area contributed by atoms with E-state index in [4.69, 9.17) is 9.47 Å². The molecule has 0 aliphatic carbocycles. The quantitative estimate of drug-likeness (QED) is 0.600. The zero-order valence-electron chi connectivity index (χ0n) is 17.9. The van der Waals surface area contributed by atoms with E-state index in [-0.39, 0.29) is 6.61 Å². The van der Waals surface area contributed by atoms with E-state index in [1.165, 1.54) is 16.7 Å². The first kappa shape index (κ1) is 21.3. The van der Waals surface area contributed by atoms with Crippen molar-refractivity contribution in [3.63, 3.8) is 0 Å². The van der Waals surface area contributed by atoms with Gasteiger partial charge in [-0.3, -0.25) is 4.98 Å². The standard InChI is InChI=1S/C25H29N3O3/c1-30-22-8-6-19(7-9-22)23-4-2-3-5-24(23)20-10-14-28(15-11-20)17-21(29)18-31-25-16-26-12-13-27-25/h2-9,12-13,16,20-21,29H,10-11,14-15,17-18H2,1H3/t21-/m1/s1. The van der Waals surface area contributed by atoms with Crippen LogP contribution in [-0.4, -0.2) is 59.4 Å². The van der Waals surface area contributed by atoms with Crippen molar-refractivity contribution in [2.45, 2.75) is 24.9 Å². The largest absolute Gasteiger partial charge is 0.497 e. The number of β-amino-alcohol motifs (C(OH)–C–C–N with tert-alkyl or cyclic N) is 1. The Bertz CT molecular complexity index is 942. The normalized spacial score (nSPS) is 16.1. The van der Waals surface area contributed by atoms with Crippen LogP contribution in [0.15, 0.2) is 67.1 Å². The van der Waals surface area contributed by atoms with Crippen molar-refractivity contribution in [3.05, 3.63) is 72.7 Å². The third-order valence-electron chi connectivity index (χ3n) is 5.82. The number of piperidine rings is 1. The Morgan fingerprint density at radius 3 is 2.55 bits per heavy atom. The Kier molecular flexibility index (Phi) is 7.12. The van der Waals surface area contributed by atoms with Gasteiger partial charge in [-0.2, -0.15) is 0 Å². The van der Waals surface area contributed by atoms with Crippen LogP contribution >= 0.6 is 0 Å². The first-order valence-electron chi connectivity index (χ1n) is 10.8. The lowest BCUT2D eigenvalue weighted by atomic mass is 9.84. The fourth-order valence-electron chi connectivity index (χ4n) is 4.21. The average Bonchev–Trinajstić information content (AvgIpc) is 2.84. The second-order valence-electron chi connectivity index (χ2n) is 7.90. The van der Waals surface area contributed by atoms with Crippen LogP contribution in [0.1, 0.15) is 24.3 Å². The second-order valence-corrected chi connectivity index (χ2v) is 7.90. The van der Waals surface area contributed by atoms with Crippen molar-refractivity contribution < 1.29 is 14.6 Å². The molecule has 0 amide bonds. The van der Waals surface area contributed by atoms with Crippen LogP contribution in [0.3, 0.4) is 0 Å². The highest BCUT2D eigenvalue weighted by molar-refractivity contribution is 5.68.